The molecule has 0 radical (unpaired) electrons. The summed E-state index contributed by atoms with van der Waals surface area (Å²) in [6.07, 6.45) is 7.68. The predicted octanol–water partition coefficient (Wildman–Crippen LogP) is 1.46. The van der Waals surface area contributed by atoms with Crippen LogP contribution in [0.25, 0.3) is 0 Å². The molecule has 0 saturated heterocycles. The maximum atomic E-state index is 12.2. The van der Waals surface area contributed by atoms with Gasteiger partial charge in [0.25, 0.3) is 0 Å². The summed E-state index contributed by atoms with van der Waals surface area (Å²) in [6.45, 7) is 1.46. The third-order valence-electron chi connectivity index (χ3n) is 4.28. The summed E-state index contributed by atoms with van der Waals surface area (Å²) in [6, 6.07) is 0.150. The van der Waals surface area contributed by atoms with Crippen LogP contribution in [0.3, 0.4) is 0 Å². The third kappa shape index (κ3) is 4.20. The molecule has 1 heterocycles. The molecule has 1 fully saturated rings. The molecular formula is C15H27N5O. The van der Waals surface area contributed by atoms with Gasteiger partial charge in [-0.15, -0.1) is 0 Å². The van der Waals surface area contributed by atoms with Gasteiger partial charge in [-0.2, -0.15) is 5.10 Å². The molecule has 1 N–H and O–H groups in total. The van der Waals surface area contributed by atoms with Crippen molar-refractivity contribution in [3.8, 4) is 0 Å². The van der Waals surface area contributed by atoms with E-state index in [-0.39, 0.29) is 12.1 Å². The Hall–Kier alpha value is -1.56. The van der Waals surface area contributed by atoms with E-state index in [0.717, 1.165) is 12.1 Å². The molecule has 6 heteroatoms. The second-order valence-corrected chi connectivity index (χ2v) is 6.29. The van der Waals surface area contributed by atoms with Crippen LogP contribution in [0.5, 0.6) is 0 Å². The largest absolute Gasteiger partial charge is 0.336 e. The molecule has 6 nitrogen and oxygen atoms in total. The van der Waals surface area contributed by atoms with E-state index in [0.29, 0.717) is 12.5 Å². The van der Waals surface area contributed by atoms with E-state index in [1.165, 1.54) is 19.3 Å². The second-order valence-electron chi connectivity index (χ2n) is 6.29. The van der Waals surface area contributed by atoms with Crippen molar-refractivity contribution in [2.75, 3.05) is 34.2 Å². The predicted molar refractivity (Wildman–Crippen MR) is 83.0 cm³/mol. The molecular weight excluding hydrogens is 266 g/mol. The van der Waals surface area contributed by atoms with Crippen molar-refractivity contribution in [3.05, 3.63) is 18.0 Å². The van der Waals surface area contributed by atoms with E-state index in [1.807, 2.05) is 40.6 Å². The van der Waals surface area contributed by atoms with Crippen molar-refractivity contribution in [1.29, 1.82) is 0 Å². The summed E-state index contributed by atoms with van der Waals surface area (Å²) in [4.78, 5) is 16.1. The zero-order chi connectivity index (χ0) is 15.4. The fourth-order valence-corrected chi connectivity index (χ4v) is 2.68. The first-order valence-electron chi connectivity index (χ1n) is 7.61. The number of urea groups is 1. The molecule has 0 aliphatic heterocycles. The molecule has 0 bridgehead atoms. The topological polar surface area (TPSA) is 53.4 Å². The zero-order valence-electron chi connectivity index (χ0n) is 13.5. The van der Waals surface area contributed by atoms with Crippen LogP contribution in [0.2, 0.25) is 0 Å². The number of hydrogen-bond donors (Lipinski definition) is 1. The lowest BCUT2D eigenvalue weighted by Crippen LogP contribution is -2.43. The van der Waals surface area contributed by atoms with Gasteiger partial charge in [-0.05, 0) is 32.9 Å². The number of aromatic nitrogens is 2. The lowest BCUT2D eigenvalue weighted by molar-refractivity contribution is 0.178. The van der Waals surface area contributed by atoms with Gasteiger partial charge in [0.2, 0.25) is 0 Å². The molecule has 2 amide bonds. The van der Waals surface area contributed by atoms with Crippen LogP contribution >= 0.6 is 0 Å². The summed E-state index contributed by atoms with van der Waals surface area (Å²) in [5.74, 6) is 0.698. The van der Waals surface area contributed by atoms with Crippen LogP contribution in [0.15, 0.2) is 12.4 Å². The standard InChI is InChI=1S/C15H27N5O/c1-18(2)14(13-8-17-20(4)11-13)9-16-15(21)19(3)10-12-6-5-7-12/h8,11-12,14H,5-7,9-10H2,1-4H3,(H,16,21)/t14-/m0/s1. The zero-order valence-corrected chi connectivity index (χ0v) is 13.5. The Bertz CT molecular complexity index is 466. The van der Waals surface area contributed by atoms with Crippen molar-refractivity contribution in [2.24, 2.45) is 13.0 Å². The summed E-state index contributed by atoms with van der Waals surface area (Å²) in [5.41, 5.74) is 1.12. The summed E-state index contributed by atoms with van der Waals surface area (Å²) in [7, 11) is 7.81. The Balaban J connectivity index is 1.84. The van der Waals surface area contributed by atoms with Crippen molar-refractivity contribution < 1.29 is 4.79 Å². The van der Waals surface area contributed by atoms with Gasteiger partial charge >= 0.3 is 6.03 Å². The Labute approximate surface area is 127 Å². The van der Waals surface area contributed by atoms with Crippen LogP contribution in [0.1, 0.15) is 30.9 Å². The van der Waals surface area contributed by atoms with Gasteiger partial charge in [0, 0.05) is 38.9 Å². The van der Waals surface area contributed by atoms with Gasteiger partial charge in [0.05, 0.1) is 12.2 Å². The van der Waals surface area contributed by atoms with Crippen molar-refractivity contribution in [2.45, 2.75) is 25.3 Å². The van der Waals surface area contributed by atoms with E-state index < -0.39 is 0 Å². The lowest BCUT2D eigenvalue weighted by atomic mass is 9.85. The Kier molecular flexibility index (Phi) is 5.22. The fraction of sp³-hybridized carbons (Fsp3) is 0.733. The molecule has 1 aromatic heterocycles. The molecule has 21 heavy (non-hydrogen) atoms. The van der Waals surface area contributed by atoms with Gasteiger partial charge in [-0.1, -0.05) is 6.42 Å². The minimum atomic E-state index is 0.0117. The van der Waals surface area contributed by atoms with Gasteiger partial charge < -0.3 is 15.1 Å². The van der Waals surface area contributed by atoms with Gasteiger partial charge in [0.15, 0.2) is 0 Å². The fourth-order valence-electron chi connectivity index (χ4n) is 2.68. The molecule has 1 aliphatic carbocycles. The second kappa shape index (κ2) is 6.93. The van der Waals surface area contributed by atoms with E-state index in [9.17, 15) is 4.79 Å². The Morgan fingerprint density at radius 3 is 2.67 bits per heavy atom. The number of rotatable bonds is 6. The number of aryl methyl sites for hydroxylation is 1. The monoisotopic (exact) mass is 293 g/mol. The number of amides is 2. The van der Waals surface area contributed by atoms with Crippen LogP contribution in [0.4, 0.5) is 4.79 Å². The highest BCUT2D eigenvalue weighted by Crippen LogP contribution is 2.26. The van der Waals surface area contributed by atoms with E-state index in [2.05, 4.69) is 15.3 Å². The minimum Gasteiger partial charge on any atom is -0.336 e. The molecule has 1 saturated carbocycles. The van der Waals surface area contributed by atoms with E-state index >= 15 is 0 Å². The minimum absolute atomic E-state index is 0.0117. The van der Waals surface area contributed by atoms with Crippen LogP contribution < -0.4 is 5.32 Å². The first kappa shape index (κ1) is 15.8. The SMILES string of the molecule is CN(CC1CCC1)C(=O)NC[C@@H](c1cnn(C)c1)N(C)C. The average Bonchev–Trinajstić information content (AvgIpc) is 2.79. The van der Waals surface area contributed by atoms with Crippen molar-refractivity contribution in [1.82, 2.24) is 24.9 Å². The number of nitrogens with one attached hydrogen (secondary N) is 1. The Morgan fingerprint density at radius 1 is 1.48 bits per heavy atom. The summed E-state index contributed by atoms with van der Waals surface area (Å²) < 4.78 is 1.79. The van der Waals surface area contributed by atoms with Crippen LogP contribution in [-0.4, -0.2) is 59.8 Å². The molecule has 2 rings (SSSR count). The Morgan fingerprint density at radius 2 is 2.19 bits per heavy atom. The normalized spacial score (nSPS) is 16.6. The van der Waals surface area contributed by atoms with Gasteiger partial charge in [-0.25, -0.2) is 4.79 Å². The maximum Gasteiger partial charge on any atom is 0.317 e. The molecule has 1 aliphatic rings. The van der Waals surface area contributed by atoms with Gasteiger partial charge in [0.1, 0.15) is 0 Å². The van der Waals surface area contributed by atoms with Crippen LogP contribution in [0, 0.1) is 5.92 Å². The molecule has 0 aromatic carbocycles. The highest BCUT2D eigenvalue weighted by Gasteiger charge is 2.22. The number of carbonyl (C=O) groups is 1. The average molecular weight is 293 g/mol. The van der Waals surface area contributed by atoms with E-state index in [1.54, 1.807) is 9.58 Å². The highest BCUT2D eigenvalue weighted by molar-refractivity contribution is 5.73. The molecule has 0 spiro atoms. The molecule has 0 unspecified atom stereocenters. The maximum absolute atomic E-state index is 12.2. The first-order chi connectivity index (χ1) is 9.97. The highest BCUT2D eigenvalue weighted by atomic mass is 16.2. The van der Waals surface area contributed by atoms with Crippen molar-refractivity contribution in [3.63, 3.8) is 0 Å². The first-order valence-corrected chi connectivity index (χ1v) is 7.61. The smallest absolute Gasteiger partial charge is 0.317 e. The number of nitrogens with zero attached hydrogens (tertiary/aromatic N) is 4. The number of carbonyl (C=O) groups excluding carboxylic acids is 1. The van der Waals surface area contributed by atoms with Crippen LogP contribution in [-0.2, 0) is 7.05 Å². The summed E-state index contributed by atoms with van der Waals surface area (Å²) in [5, 5.41) is 7.24. The lowest BCUT2D eigenvalue weighted by Gasteiger charge is -2.31. The van der Waals surface area contributed by atoms with Gasteiger partial charge in [-0.3, -0.25) is 4.68 Å². The van der Waals surface area contributed by atoms with E-state index in [4.69, 9.17) is 0 Å². The molecule has 1 atom stereocenters. The number of likely N-dealkylation sites (N-methyl/N-ethyl adjacent to an activating group) is 1. The number of hydrogen-bond acceptors (Lipinski definition) is 3. The molecule has 1 aromatic rings. The molecule has 118 valence electrons. The summed E-state index contributed by atoms with van der Waals surface area (Å²) >= 11 is 0. The quantitative estimate of drug-likeness (QED) is 0.864. The van der Waals surface area contributed by atoms with Crippen molar-refractivity contribution >= 4 is 6.03 Å². The third-order valence-corrected chi connectivity index (χ3v) is 4.28.